The van der Waals surface area contributed by atoms with Gasteiger partial charge in [0.05, 0.1) is 24.4 Å². The number of likely N-dealkylation sites (tertiary alicyclic amines) is 1. The molecule has 0 bridgehead atoms. The Morgan fingerprint density at radius 2 is 1.93 bits per heavy atom. The number of methoxy groups -OCH3 is 1. The van der Waals surface area contributed by atoms with Gasteiger partial charge in [-0.15, -0.1) is 6.58 Å². The van der Waals surface area contributed by atoms with Gasteiger partial charge in [-0.05, 0) is 63.9 Å². The van der Waals surface area contributed by atoms with E-state index in [0.717, 1.165) is 47.4 Å². The van der Waals surface area contributed by atoms with Crippen molar-refractivity contribution in [2.45, 2.75) is 58.2 Å². The monoisotopic (exact) mass is 555 g/mol. The van der Waals surface area contributed by atoms with Gasteiger partial charge in [-0.2, -0.15) is 0 Å². The summed E-state index contributed by atoms with van der Waals surface area (Å²) < 4.78 is 60.2. The maximum absolute atomic E-state index is 14.2. The number of rotatable bonds is 9. The average Bonchev–Trinajstić information content (AvgIpc) is 3.37. The predicted octanol–water partition coefficient (Wildman–Crippen LogP) is 7.25. The van der Waals surface area contributed by atoms with Crippen molar-refractivity contribution in [3.63, 3.8) is 0 Å². The summed E-state index contributed by atoms with van der Waals surface area (Å²) in [4.78, 5) is 6.28. The number of ether oxygens (including phenoxy) is 2. The Bertz CT molecular complexity index is 1410. The largest absolute Gasteiger partial charge is 0.496 e. The highest BCUT2D eigenvalue weighted by Gasteiger charge is 2.53. The molecule has 1 aromatic heterocycles. The van der Waals surface area contributed by atoms with Crippen LogP contribution in [0, 0.1) is 24.4 Å². The van der Waals surface area contributed by atoms with Crippen molar-refractivity contribution in [2.75, 3.05) is 20.7 Å². The van der Waals surface area contributed by atoms with Gasteiger partial charge in [0.25, 0.3) is 0 Å². The first-order valence-electron chi connectivity index (χ1n) is 13.2. The molecule has 9 heteroatoms. The average molecular weight is 556 g/mol. The number of oxazole rings is 1. The number of piperidine rings is 1. The molecule has 3 aromatic rings. The summed E-state index contributed by atoms with van der Waals surface area (Å²) in [7, 11) is 3.41. The lowest BCUT2D eigenvalue weighted by Gasteiger charge is -2.56. The van der Waals surface area contributed by atoms with E-state index in [4.69, 9.17) is 13.9 Å². The highest BCUT2D eigenvalue weighted by Crippen LogP contribution is 2.46. The number of aryl methyl sites for hydroxylation is 1. The number of likely N-dealkylation sites (N-methyl/N-ethyl adjacent to an activating group) is 1. The number of benzene rings is 2. The molecule has 1 N–H and O–H groups in total. The van der Waals surface area contributed by atoms with Crippen LogP contribution < -0.4 is 14.8 Å². The van der Waals surface area contributed by atoms with Crippen LogP contribution in [0.4, 0.5) is 13.2 Å². The van der Waals surface area contributed by atoms with Gasteiger partial charge in [0.15, 0.2) is 29.1 Å². The van der Waals surface area contributed by atoms with Crippen LogP contribution in [0.3, 0.4) is 0 Å². The van der Waals surface area contributed by atoms with Crippen LogP contribution in [-0.2, 0) is 0 Å². The summed E-state index contributed by atoms with van der Waals surface area (Å²) in [5, 5.41) is 3.32. The lowest BCUT2D eigenvalue weighted by Crippen LogP contribution is -2.70. The highest BCUT2D eigenvalue weighted by atomic mass is 19.2. The Morgan fingerprint density at radius 3 is 2.50 bits per heavy atom. The zero-order valence-corrected chi connectivity index (χ0v) is 23.8. The zero-order valence-electron chi connectivity index (χ0n) is 23.8. The van der Waals surface area contributed by atoms with Crippen LogP contribution in [0.1, 0.15) is 51.5 Å². The fourth-order valence-electron chi connectivity index (χ4n) is 5.41. The molecule has 0 saturated carbocycles. The Morgan fingerprint density at radius 1 is 1.23 bits per heavy atom. The van der Waals surface area contributed by atoms with E-state index >= 15 is 0 Å². The minimum atomic E-state index is -1.53. The molecule has 0 amide bonds. The molecule has 1 aliphatic heterocycles. The van der Waals surface area contributed by atoms with E-state index in [-0.39, 0.29) is 5.75 Å². The molecule has 1 saturated heterocycles. The molecular weight excluding hydrogens is 519 g/mol. The fraction of sp³-hybridized carbons (Fsp3) is 0.387. The molecule has 4 rings (SSSR count). The molecule has 40 heavy (non-hydrogen) atoms. The predicted molar refractivity (Wildman–Crippen MR) is 149 cm³/mol. The molecule has 2 aromatic carbocycles. The van der Waals surface area contributed by atoms with E-state index in [9.17, 15) is 13.2 Å². The SMILES string of the molecule is C=CCN1C(=C(C)c2ccc(-c3cnc(C)o3)c(OC)c2)CCCC1(Oc1cc(F)c(F)c(F)c1)C(C)(C)NC. The minimum Gasteiger partial charge on any atom is -0.496 e. The van der Waals surface area contributed by atoms with Crippen LogP contribution in [0.5, 0.6) is 11.5 Å². The van der Waals surface area contributed by atoms with Crippen LogP contribution in [0.25, 0.3) is 16.9 Å². The smallest absolute Gasteiger partial charge is 0.200 e. The third-order valence-corrected chi connectivity index (χ3v) is 7.80. The Hall–Kier alpha value is -3.72. The van der Waals surface area contributed by atoms with Gasteiger partial charge in [-0.1, -0.05) is 12.1 Å². The van der Waals surface area contributed by atoms with Crippen molar-refractivity contribution in [1.82, 2.24) is 15.2 Å². The third-order valence-electron chi connectivity index (χ3n) is 7.80. The molecule has 1 unspecified atom stereocenters. The van der Waals surface area contributed by atoms with E-state index in [2.05, 4.69) is 21.8 Å². The van der Waals surface area contributed by atoms with Gasteiger partial charge in [0, 0.05) is 37.7 Å². The molecular formula is C31H36F3N3O3. The van der Waals surface area contributed by atoms with Gasteiger partial charge < -0.3 is 24.1 Å². The second kappa shape index (κ2) is 11.4. The van der Waals surface area contributed by atoms with Crippen molar-refractivity contribution in [2.24, 2.45) is 0 Å². The first-order valence-corrected chi connectivity index (χ1v) is 13.2. The van der Waals surface area contributed by atoms with E-state index in [1.54, 1.807) is 26.3 Å². The van der Waals surface area contributed by atoms with Gasteiger partial charge in [0.1, 0.15) is 11.5 Å². The summed E-state index contributed by atoms with van der Waals surface area (Å²) in [6.07, 6.45) is 5.45. The van der Waals surface area contributed by atoms with E-state index in [0.29, 0.717) is 30.4 Å². The number of hydrogen-bond donors (Lipinski definition) is 1. The van der Waals surface area contributed by atoms with E-state index in [1.165, 1.54) is 0 Å². The van der Waals surface area contributed by atoms with Crippen molar-refractivity contribution >= 4 is 5.57 Å². The standard InChI is InChI=1S/C31H36F3N3O3/c1-8-14-37-26(19(2)21-11-12-23(27(15-21)38-7)28-18-36-20(3)39-28)10-9-13-31(37,30(4,5)35-6)40-22-16-24(32)29(34)25(33)17-22/h8,11-12,15-18,35H,1,9-10,13-14H2,2-7H3. The molecule has 0 aliphatic carbocycles. The third kappa shape index (κ3) is 5.22. The minimum absolute atomic E-state index is 0.0962. The summed E-state index contributed by atoms with van der Waals surface area (Å²) >= 11 is 0. The van der Waals surface area contributed by atoms with Crippen LogP contribution in [0.15, 0.2) is 59.3 Å². The zero-order chi connectivity index (χ0) is 29.2. The fourth-order valence-corrected chi connectivity index (χ4v) is 5.41. The number of allylic oxidation sites excluding steroid dienone is 2. The van der Waals surface area contributed by atoms with Crippen molar-refractivity contribution in [3.8, 4) is 22.8 Å². The molecule has 2 heterocycles. The molecule has 1 fully saturated rings. The molecule has 0 radical (unpaired) electrons. The van der Waals surface area contributed by atoms with E-state index < -0.39 is 28.7 Å². The molecule has 6 nitrogen and oxygen atoms in total. The number of hydrogen-bond acceptors (Lipinski definition) is 6. The van der Waals surface area contributed by atoms with Crippen molar-refractivity contribution in [1.29, 1.82) is 0 Å². The molecule has 1 atom stereocenters. The van der Waals surface area contributed by atoms with Gasteiger partial charge in [-0.3, -0.25) is 0 Å². The molecule has 214 valence electrons. The summed E-state index contributed by atoms with van der Waals surface area (Å²) in [6.45, 7) is 12.1. The summed E-state index contributed by atoms with van der Waals surface area (Å²) in [5.74, 6) is -2.43. The molecule has 0 spiro atoms. The maximum Gasteiger partial charge on any atom is 0.200 e. The lowest BCUT2D eigenvalue weighted by atomic mass is 9.79. The van der Waals surface area contributed by atoms with Crippen LogP contribution >= 0.6 is 0 Å². The van der Waals surface area contributed by atoms with Crippen molar-refractivity contribution in [3.05, 3.63) is 83.8 Å². The Balaban J connectivity index is 1.85. The second-order valence-electron chi connectivity index (χ2n) is 10.4. The highest BCUT2D eigenvalue weighted by molar-refractivity contribution is 5.74. The van der Waals surface area contributed by atoms with Crippen molar-refractivity contribution < 1.29 is 27.1 Å². The van der Waals surface area contributed by atoms with Gasteiger partial charge in [0.2, 0.25) is 5.72 Å². The Kier molecular flexibility index (Phi) is 8.35. The summed E-state index contributed by atoms with van der Waals surface area (Å²) in [6, 6.07) is 7.65. The van der Waals surface area contributed by atoms with Gasteiger partial charge in [-0.25, -0.2) is 18.2 Å². The molecule has 1 aliphatic rings. The van der Waals surface area contributed by atoms with E-state index in [1.807, 2.05) is 46.0 Å². The summed E-state index contributed by atoms with van der Waals surface area (Å²) in [5.41, 5.74) is 1.88. The quantitative estimate of drug-likeness (QED) is 0.222. The lowest BCUT2D eigenvalue weighted by molar-refractivity contribution is -0.137. The van der Waals surface area contributed by atoms with Gasteiger partial charge >= 0.3 is 0 Å². The normalized spacial score (nSPS) is 19.0. The Labute approximate surface area is 233 Å². The number of halogens is 3. The van der Waals surface area contributed by atoms with Crippen LogP contribution in [-0.4, -0.2) is 41.9 Å². The first kappa shape index (κ1) is 29.3. The number of aromatic nitrogens is 1. The first-order chi connectivity index (χ1) is 19.0. The van der Waals surface area contributed by atoms with Crippen LogP contribution in [0.2, 0.25) is 0 Å². The maximum atomic E-state index is 14.2. The number of nitrogens with zero attached hydrogens (tertiary/aromatic N) is 2. The number of nitrogens with one attached hydrogen (secondary N) is 1. The second-order valence-corrected chi connectivity index (χ2v) is 10.4. The topological polar surface area (TPSA) is 59.8 Å².